The van der Waals surface area contributed by atoms with E-state index < -0.39 is 5.54 Å². The third-order valence-electron chi connectivity index (χ3n) is 4.07. The number of hydrogen-bond acceptors (Lipinski definition) is 3. The van der Waals surface area contributed by atoms with Crippen LogP contribution in [0.5, 0.6) is 0 Å². The molecule has 4 N–H and O–H groups in total. The molecule has 1 rings (SSSR count). The van der Waals surface area contributed by atoms with E-state index in [1.54, 1.807) is 0 Å². The van der Waals surface area contributed by atoms with Crippen LogP contribution in [-0.4, -0.2) is 22.5 Å². The van der Waals surface area contributed by atoms with Crippen molar-refractivity contribution < 1.29 is 10.0 Å². The average Bonchev–Trinajstić information content (AvgIpc) is 2.51. The summed E-state index contributed by atoms with van der Waals surface area (Å²) in [5, 5.41) is 14.9. The lowest BCUT2D eigenvalue weighted by atomic mass is 9.91. The molecule has 21 heavy (non-hydrogen) atoms. The first-order chi connectivity index (χ1) is 9.99. The zero-order valence-corrected chi connectivity index (χ0v) is 13.0. The summed E-state index contributed by atoms with van der Waals surface area (Å²) in [4.78, 5) is 12.2. The molecular formula is C16H25N3O2. The Morgan fingerprint density at radius 3 is 2.48 bits per heavy atom. The maximum atomic E-state index is 12.2. The van der Waals surface area contributed by atoms with Gasteiger partial charge in [-0.05, 0) is 37.3 Å². The molecular weight excluding hydrogens is 266 g/mol. The van der Waals surface area contributed by atoms with Crippen LogP contribution < -0.4 is 11.1 Å². The number of carbonyl (C=O) groups is 1. The zero-order valence-electron chi connectivity index (χ0n) is 13.0. The Balaban J connectivity index is 2.70. The van der Waals surface area contributed by atoms with Gasteiger partial charge in [-0.15, -0.1) is 0 Å². The fourth-order valence-corrected chi connectivity index (χ4v) is 2.42. The summed E-state index contributed by atoms with van der Waals surface area (Å²) < 4.78 is 0. The predicted octanol–water partition coefficient (Wildman–Crippen LogP) is 2.35. The monoisotopic (exact) mass is 291 g/mol. The number of hydrogen-bond donors (Lipinski definition) is 3. The van der Waals surface area contributed by atoms with Crippen molar-refractivity contribution >= 4 is 11.7 Å². The van der Waals surface area contributed by atoms with Crippen LogP contribution in [0.1, 0.15) is 44.2 Å². The highest BCUT2D eigenvalue weighted by Crippen LogP contribution is 2.16. The summed E-state index contributed by atoms with van der Waals surface area (Å²) in [7, 11) is 0. The standard InChI is InChI=1S/C16H25N3O2/c1-4-16(5-2,15(17)19-21)18-14(20)11-10-13-9-7-6-8-12(13)3/h6-9,21H,4-5,10-11H2,1-3H3,(H2,17,19)(H,18,20). The van der Waals surface area contributed by atoms with Crippen molar-refractivity contribution in [3.63, 3.8) is 0 Å². The van der Waals surface area contributed by atoms with Crippen molar-refractivity contribution in [3.05, 3.63) is 35.4 Å². The van der Waals surface area contributed by atoms with Gasteiger partial charge in [0, 0.05) is 6.42 Å². The normalized spacial score (nSPS) is 12.2. The van der Waals surface area contributed by atoms with Gasteiger partial charge >= 0.3 is 0 Å². The van der Waals surface area contributed by atoms with E-state index >= 15 is 0 Å². The molecule has 0 aromatic heterocycles. The molecule has 0 aliphatic heterocycles. The Hall–Kier alpha value is -2.04. The first kappa shape index (κ1) is 17.0. The van der Waals surface area contributed by atoms with Crippen LogP contribution in [0.25, 0.3) is 0 Å². The van der Waals surface area contributed by atoms with Crippen molar-refractivity contribution in [3.8, 4) is 0 Å². The second kappa shape index (κ2) is 7.67. The molecule has 1 aromatic rings. The number of oxime groups is 1. The van der Waals surface area contributed by atoms with E-state index in [-0.39, 0.29) is 11.7 Å². The molecule has 5 heteroatoms. The number of nitrogens with one attached hydrogen (secondary N) is 1. The van der Waals surface area contributed by atoms with Crippen molar-refractivity contribution in [2.45, 2.75) is 52.0 Å². The van der Waals surface area contributed by atoms with Gasteiger partial charge in [0.25, 0.3) is 0 Å². The number of carbonyl (C=O) groups excluding carboxylic acids is 1. The highest BCUT2D eigenvalue weighted by atomic mass is 16.4. The third-order valence-corrected chi connectivity index (χ3v) is 4.07. The molecule has 0 atom stereocenters. The summed E-state index contributed by atoms with van der Waals surface area (Å²) in [6, 6.07) is 8.01. The maximum Gasteiger partial charge on any atom is 0.221 e. The highest BCUT2D eigenvalue weighted by molar-refractivity contribution is 5.93. The number of amides is 1. The average molecular weight is 291 g/mol. The molecule has 0 aliphatic rings. The summed E-state index contributed by atoms with van der Waals surface area (Å²) in [5.41, 5.74) is 7.31. The van der Waals surface area contributed by atoms with E-state index in [2.05, 4.69) is 10.5 Å². The van der Waals surface area contributed by atoms with Gasteiger partial charge in [-0.3, -0.25) is 4.79 Å². The number of nitrogens with zero attached hydrogens (tertiary/aromatic N) is 1. The Kier molecular flexibility index (Phi) is 6.21. The van der Waals surface area contributed by atoms with Crippen LogP contribution in [0.15, 0.2) is 29.4 Å². The molecule has 5 nitrogen and oxygen atoms in total. The van der Waals surface area contributed by atoms with Gasteiger partial charge in [0.2, 0.25) is 5.91 Å². The zero-order chi connectivity index (χ0) is 15.9. The lowest BCUT2D eigenvalue weighted by Crippen LogP contribution is -2.56. The number of amidine groups is 1. The summed E-state index contributed by atoms with van der Waals surface area (Å²) in [5.74, 6) is -0.0368. The first-order valence-corrected chi connectivity index (χ1v) is 7.32. The van der Waals surface area contributed by atoms with Crippen molar-refractivity contribution in [2.75, 3.05) is 0 Å². The molecule has 0 saturated carbocycles. The smallest absolute Gasteiger partial charge is 0.221 e. The van der Waals surface area contributed by atoms with Crippen LogP contribution >= 0.6 is 0 Å². The second-order valence-electron chi connectivity index (χ2n) is 5.25. The SMILES string of the molecule is CCC(CC)(NC(=O)CCc1ccccc1C)C(N)=NO. The lowest BCUT2D eigenvalue weighted by Gasteiger charge is -2.31. The summed E-state index contributed by atoms with van der Waals surface area (Å²) in [6.07, 6.45) is 2.22. The van der Waals surface area contributed by atoms with E-state index in [0.717, 1.165) is 5.56 Å². The summed E-state index contributed by atoms with van der Waals surface area (Å²) in [6.45, 7) is 5.85. The molecule has 0 radical (unpaired) electrons. The Morgan fingerprint density at radius 2 is 1.95 bits per heavy atom. The van der Waals surface area contributed by atoms with E-state index in [4.69, 9.17) is 10.9 Å². The topological polar surface area (TPSA) is 87.7 Å². The quantitative estimate of drug-likeness (QED) is 0.312. The molecule has 0 aliphatic carbocycles. The van der Waals surface area contributed by atoms with E-state index in [0.29, 0.717) is 25.7 Å². The minimum Gasteiger partial charge on any atom is -0.409 e. The van der Waals surface area contributed by atoms with Gasteiger partial charge in [0.1, 0.15) is 5.54 Å². The number of aryl methyl sites for hydroxylation is 2. The van der Waals surface area contributed by atoms with Gasteiger partial charge in [0.05, 0.1) is 0 Å². The number of rotatable bonds is 7. The Morgan fingerprint density at radius 1 is 1.33 bits per heavy atom. The Labute approximate surface area is 126 Å². The third kappa shape index (κ3) is 4.21. The molecule has 1 amide bonds. The van der Waals surface area contributed by atoms with Crippen molar-refractivity contribution in [1.82, 2.24) is 5.32 Å². The minimum absolute atomic E-state index is 0.0525. The van der Waals surface area contributed by atoms with Crippen molar-refractivity contribution in [2.24, 2.45) is 10.9 Å². The second-order valence-corrected chi connectivity index (χ2v) is 5.25. The van der Waals surface area contributed by atoms with Crippen LogP contribution in [0.2, 0.25) is 0 Å². The lowest BCUT2D eigenvalue weighted by molar-refractivity contribution is -0.122. The number of benzene rings is 1. The van der Waals surface area contributed by atoms with Gasteiger partial charge < -0.3 is 16.3 Å². The van der Waals surface area contributed by atoms with Gasteiger partial charge in [-0.25, -0.2) is 0 Å². The van der Waals surface area contributed by atoms with E-state index in [1.807, 2.05) is 45.0 Å². The first-order valence-electron chi connectivity index (χ1n) is 7.32. The largest absolute Gasteiger partial charge is 0.409 e. The highest BCUT2D eigenvalue weighted by Gasteiger charge is 2.32. The minimum atomic E-state index is -0.766. The van der Waals surface area contributed by atoms with E-state index in [9.17, 15) is 4.79 Å². The maximum absolute atomic E-state index is 12.2. The van der Waals surface area contributed by atoms with Crippen LogP contribution in [-0.2, 0) is 11.2 Å². The van der Waals surface area contributed by atoms with Gasteiger partial charge in [0.15, 0.2) is 5.84 Å². The van der Waals surface area contributed by atoms with E-state index in [1.165, 1.54) is 5.56 Å². The van der Waals surface area contributed by atoms with Crippen LogP contribution in [0.3, 0.4) is 0 Å². The molecule has 0 heterocycles. The van der Waals surface area contributed by atoms with Crippen LogP contribution in [0, 0.1) is 6.92 Å². The van der Waals surface area contributed by atoms with Crippen molar-refractivity contribution in [1.29, 1.82) is 0 Å². The molecule has 0 fully saturated rings. The molecule has 0 unspecified atom stereocenters. The van der Waals surface area contributed by atoms with Crippen LogP contribution in [0.4, 0.5) is 0 Å². The van der Waals surface area contributed by atoms with Gasteiger partial charge in [-0.2, -0.15) is 0 Å². The molecule has 0 spiro atoms. The molecule has 116 valence electrons. The molecule has 0 saturated heterocycles. The summed E-state index contributed by atoms with van der Waals surface area (Å²) >= 11 is 0. The predicted molar refractivity (Wildman–Crippen MR) is 84.4 cm³/mol. The fraction of sp³-hybridized carbons (Fsp3) is 0.500. The fourth-order valence-electron chi connectivity index (χ4n) is 2.42. The molecule has 1 aromatic carbocycles. The molecule has 0 bridgehead atoms. The number of nitrogens with two attached hydrogens (primary N) is 1. The van der Waals surface area contributed by atoms with Gasteiger partial charge in [-0.1, -0.05) is 43.3 Å². The Bertz CT molecular complexity index is 508.